The van der Waals surface area contributed by atoms with Crippen LogP contribution in [0.4, 0.5) is 28.8 Å². The number of rotatable bonds is 7. The zero-order chi connectivity index (χ0) is 20.8. The molecule has 3 aromatic rings. The average molecular weight is 392 g/mol. The van der Waals surface area contributed by atoms with Crippen LogP contribution in [0.5, 0.6) is 0 Å². The number of aromatic nitrogens is 2. The maximum atomic E-state index is 12.4. The van der Waals surface area contributed by atoms with Gasteiger partial charge in [-0.1, -0.05) is 12.1 Å². The third-order valence-electron chi connectivity index (χ3n) is 3.95. The minimum Gasteiger partial charge on any atom is -0.354 e. The minimum atomic E-state index is -0.576. The molecule has 0 spiro atoms. The quantitative estimate of drug-likeness (QED) is 0.408. The normalized spacial score (nSPS) is 10.3. The Morgan fingerprint density at radius 1 is 1.07 bits per heavy atom. The van der Waals surface area contributed by atoms with Gasteiger partial charge in [0.05, 0.1) is 4.92 Å². The van der Waals surface area contributed by atoms with Crippen molar-refractivity contribution in [1.29, 1.82) is 0 Å². The van der Waals surface area contributed by atoms with Gasteiger partial charge in [0, 0.05) is 35.7 Å². The number of hydrogen-bond acceptors (Lipinski definition) is 7. The molecule has 148 valence electrons. The van der Waals surface area contributed by atoms with E-state index in [0.29, 0.717) is 17.5 Å². The molecule has 1 amide bonds. The first-order valence-electron chi connectivity index (χ1n) is 8.97. The number of anilines is 4. The second-order valence-electron chi connectivity index (χ2n) is 6.18. The van der Waals surface area contributed by atoms with E-state index in [2.05, 4.69) is 25.9 Å². The van der Waals surface area contributed by atoms with Crippen LogP contribution in [0.15, 0.2) is 54.6 Å². The molecule has 0 aliphatic rings. The molecule has 0 radical (unpaired) electrons. The third kappa shape index (κ3) is 5.04. The number of amides is 1. The summed E-state index contributed by atoms with van der Waals surface area (Å²) >= 11 is 0. The number of benzene rings is 2. The Kier molecular flexibility index (Phi) is 5.98. The van der Waals surface area contributed by atoms with E-state index in [4.69, 9.17) is 0 Å². The van der Waals surface area contributed by atoms with E-state index >= 15 is 0 Å². The summed E-state index contributed by atoms with van der Waals surface area (Å²) in [4.78, 5) is 31.6. The standard InChI is InChI=1S/C20H20N6O3/c1-3-21-20-22-13(2)12-18(25-20)23-14-8-10-15(11-9-14)24-19(27)16-6-4-5-7-17(16)26(28)29/h4-12H,3H2,1-2H3,(H,24,27)(H2,21,22,23,25). The fourth-order valence-electron chi connectivity index (χ4n) is 2.68. The molecule has 3 rings (SSSR count). The Bertz CT molecular complexity index is 1040. The van der Waals surface area contributed by atoms with E-state index in [1.807, 2.05) is 19.9 Å². The van der Waals surface area contributed by atoms with Gasteiger partial charge in [-0.3, -0.25) is 14.9 Å². The minimum absolute atomic E-state index is 0.00659. The topological polar surface area (TPSA) is 122 Å². The first kappa shape index (κ1) is 19.7. The van der Waals surface area contributed by atoms with Crippen LogP contribution in [-0.4, -0.2) is 27.3 Å². The van der Waals surface area contributed by atoms with E-state index in [1.165, 1.54) is 18.2 Å². The van der Waals surface area contributed by atoms with Crippen molar-refractivity contribution < 1.29 is 9.72 Å². The molecule has 0 fully saturated rings. The van der Waals surface area contributed by atoms with Gasteiger partial charge in [0.25, 0.3) is 11.6 Å². The van der Waals surface area contributed by atoms with Crippen LogP contribution in [0.25, 0.3) is 0 Å². The second-order valence-corrected chi connectivity index (χ2v) is 6.18. The van der Waals surface area contributed by atoms with E-state index in [9.17, 15) is 14.9 Å². The lowest BCUT2D eigenvalue weighted by atomic mass is 10.1. The lowest BCUT2D eigenvalue weighted by Gasteiger charge is -2.10. The molecule has 29 heavy (non-hydrogen) atoms. The first-order chi connectivity index (χ1) is 14.0. The summed E-state index contributed by atoms with van der Waals surface area (Å²) in [5, 5.41) is 20.0. The maximum absolute atomic E-state index is 12.4. The Hall–Kier alpha value is -4.01. The van der Waals surface area contributed by atoms with Gasteiger partial charge in [-0.05, 0) is 44.2 Å². The van der Waals surface area contributed by atoms with Crippen LogP contribution in [0, 0.1) is 17.0 Å². The Labute approximate surface area is 167 Å². The summed E-state index contributed by atoms with van der Waals surface area (Å²) in [5.74, 6) is 0.646. The second kappa shape index (κ2) is 8.79. The Morgan fingerprint density at radius 2 is 1.76 bits per heavy atom. The van der Waals surface area contributed by atoms with Gasteiger partial charge in [0.15, 0.2) is 0 Å². The molecular formula is C20H20N6O3. The smallest absolute Gasteiger partial charge is 0.282 e. The number of nitrogens with one attached hydrogen (secondary N) is 3. The van der Waals surface area contributed by atoms with Gasteiger partial charge in [-0.25, -0.2) is 4.98 Å². The van der Waals surface area contributed by atoms with Gasteiger partial charge >= 0.3 is 0 Å². The Morgan fingerprint density at radius 3 is 2.45 bits per heavy atom. The first-order valence-corrected chi connectivity index (χ1v) is 8.97. The highest BCUT2D eigenvalue weighted by Crippen LogP contribution is 2.22. The van der Waals surface area contributed by atoms with Crippen LogP contribution >= 0.6 is 0 Å². The Balaban J connectivity index is 1.71. The number of nitro benzene ring substituents is 1. The maximum Gasteiger partial charge on any atom is 0.282 e. The number of para-hydroxylation sites is 1. The SMILES string of the molecule is CCNc1nc(C)cc(Nc2ccc(NC(=O)c3ccccc3[N+](=O)[O-])cc2)n1. The van der Waals surface area contributed by atoms with Crippen molar-refractivity contribution in [3.05, 3.63) is 76.0 Å². The largest absolute Gasteiger partial charge is 0.354 e. The number of nitro groups is 1. The highest BCUT2D eigenvalue weighted by atomic mass is 16.6. The number of aryl methyl sites for hydroxylation is 1. The van der Waals surface area contributed by atoms with Crippen molar-refractivity contribution in [3.63, 3.8) is 0 Å². The summed E-state index contributed by atoms with van der Waals surface area (Å²) in [5.41, 5.74) is 1.89. The highest BCUT2D eigenvalue weighted by Gasteiger charge is 2.19. The van der Waals surface area contributed by atoms with Gasteiger partial charge in [0.1, 0.15) is 11.4 Å². The van der Waals surface area contributed by atoms with Gasteiger partial charge in [-0.2, -0.15) is 4.98 Å². The zero-order valence-corrected chi connectivity index (χ0v) is 16.0. The van der Waals surface area contributed by atoms with Crippen molar-refractivity contribution in [3.8, 4) is 0 Å². The molecule has 0 aliphatic carbocycles. The number of carbonyl (C=O) groups excluding carboxylic acids is 1. The van der Waals surface area contributed by atoms with Crippen molar-refractivity contribution in [2.24, 2.45) is 0 Å². The van der Waals surface area contributed by atoms with Crippen LogP contribution in [0.1, 0.15) is 23.0 Å². The van der Waals surface area contributed by atoms with Crippen LogP contribution in [0.2, 0.25) is 0 Å². The average Bonchev–Trinajstić information content (AvgIpc) is 2.69. The molecule has 0 atom stereocenters. The molecule has 0 bridgehead atoms. The monoisotopic (exact) mass is 392 g/mol. The molecule has 3 N–H and O–H groups in total. The fraction of sp³-hybridized carbons (Fsp3) is 0.150. The van der Waals surface area contributed by atoms with Crippen molar-refractivity contribution in [2.45, 2.75) is 13.8 Å². The van der Waals surface area contributed by atoms with Gasteiger partial charge in [-0.15, -0.1) is 0 Å². The number of nitrogens with zero attached hydrogens (tertiary/aromatic N) is 3. The summed E-state index contributed by atoms with van der Waals surface area (Å²) in [6, 6.07) is 14.6. The predicted octanol–water partition coefficient (Wildman–Crippen LogP) is 4.12. The van der Waals surface area contributed by atoms with E-state index in [0.717, 1.165) is 17.9 Å². The predicted molar refractivity (Wildman–Crippen MR) is 112 cm³/mol. The van der Waals surface area contributed by atoms with Crippen LogP contribution < -0.4 is 16.0 Å². The third-order valence-corrected chi connectivity index (χ3v) is 3.95. The van der Waals surface area contributed by atoms with Crippen molar-refractivity contribution >= 4 is 34.7 Å². The molecule has 1 aromatic heterocycles. The van der Waals surface area contributed by atoms with Crippen molar-refractivity contribution in [1.82, 2.24) is 9.97 Å². The summed E-state index contributed by atoms with van der Waals surface area (Å²) in [6.45, 7) is 4.57. The lowest BCUT2D eigenvalue weighted by Crippen LogP contribution is -2.13. The zero-order valence-electron chi connectivity index (χ0n) is 16.0. The number of carbonyl (C=O) groups is 1. The molecule has 0 unspecified atom stereocenters. The fourth-order valence-corrected chi connectivity index (χ4v) is 2.68. The molecular weight excluding hydrogens is 372 g/mol. The lowest BCUT2D eigenvalue weighted by molar-refractivity contribution is -0.385. The molecule has 9 nitrogen and oxygen atoms in total. The summed E-state index contributed by atoms with van der Waals surface area (Å²) in [6.07, 6.45) is 0. The highest BCUT2D eigenvalue weighted by molar-refractivity contribution is 6.07. The van der Waals surface area contributed by atoms with Gasteiger partial charge in [0.2, 0.25) is 5.95 Å². The van der Waals surface area contributed by atoms with Gasteiger partial charge < -0.3 is 16.0 Å². The number of hydrogen-bond donors (Lipinski definition) is 3. The van der Waals surface area contributed by atoms with Crippen LogP contribution in [-0.2, 0) is 0 Å². The summed E-state index contributed by atoms with van der Waals surface area (Å²) in [7, 11) is 0. The van der Waals surface area contributed by atoms with E-state index < -0.39 is 10.8 Å². The molecule has 2 aromatic carbocycles. The van der Waals surface area contributed by atoms with Crippen LogP contribution in [0.3, 0.4) is 0 Å². The molecule has 1 heterocycles. The van der Waals surface area contributed by atoms with Crippen molar-refractivity contribution in [2.75, 3.05) is 22.5 Å². The molecule has 0 aliphatic heterocycles. The summed E-state index contributed by atoms with van der Waals surface area (Å²) < 4.78 is 0. The molecule has 9 heteroatoms. The molecule has 0 saturated carbocycles. The van der Waals surface area contributed by atoms with E-state index in [1.54, 1.807) is 30.3 Å². The molecule has 0 saturated heterocycles. The van der Waals surface area contributed by atoms with E-state index in [-0.39, 0.29) is 11.3 Å².